The van der Waals surface area contributed by atoms with Crippen molar-refractivity contribution in [2.75, 3.05) is 0 Å². The minimum Gasteiger partial charge on any atom is -0.399 e. The zero-order valence-electron chi connectivity index (χ0n) is 11.9. The zero-order valence-corrected chi connectivity index (χ0v) is 11.9. The average Bonchev–Trinajstić information content (AvgIpc) is 2.48. The number of nitrogens with zero attached hydrogens (tertiary/aromatic N) is 1. The second kappa shape index (κ2) is 4.73. The molecule has 0 radical (unpaired) electrons. The fraction of sp³-hybridized carbons (Fsp3) is 0.500. The first-order valence-electron chi connectivity index (χ1n) is 6.38. The summed E-state index contributed by atoms with van der Waals surface area (Å²) in [6.45, 7) is 11.4. The molecule has 1 aromatic rings. The van der Waals surface area contributed by atoms with Gasteiger partial charge in [0.2, 0.25) is 0 Å². The number of hydrogen-bond donors (Lipinski definition) is 0. The Kier molecular flexibility index (Phi) is 3.54. The molecule has 2 heterocycles. The Morgan fingerprint density at radius 3 is 2.37 bits per heavy atom. The van der Waals surface area contributed by atoms with E-state index in [1.165, 1.54) is 12.3 Å². The Hall–Kier alpha value is -1.20. The van der Waals surface area contributed by atoms with Crippen molar-refractivity contribution < 1.29 is 13.7 Å². The average molecular weight is 263 g/mol. The standard InChI is InChI=1S/C14H19BFNO2/c1-6-7-10-8-12(16)11(9-17-10)15-18-13(2,3)14(4,5)19-15/h6,8-9H,1,7H2,2-5H3. The molecule has 3 nitrogen and oxygen atoms in total. The van der Waals surface area contributed by atoms with Gasteiger partial charge in [0.15, 0.2) is 0 Å². The fourth-order valence-electron chi connectivity index (χ4n) is 1.88. The number of rotatable bonds is 3. The van der Waals surface area contributed by atoms with Crippen molar-refractivity contribution >= 4 is 12.6 Å². The highest BCUT2D eigenvalue weighted by Crippen LogP contribution is 2.36. The second-order valence-corrected chi connectivity index (χ2v) is 5.78. The molecule has 0 aliphatic carbocycles. The van der Waals surface area contributed by atoms with Gasteiger partial charge in [0.05, 0.1) is 11.2 Å². The number of halogens is 1. The number of allylic oxidation sites excluding steroid dienone is 1. The fourth-order valence-corrected chi connectivity index (χ4v) is 1.88. The van der Waals surface area contributed by atoms with E-state index in [0.717, 1.165) is 0 Å². The molecule has 0 aromatic carbocycles. The van der Waals surface area contributed by atoms with Gasteiger partial charge in [-0.3, -0.25) is 4.98 Å². The minimum atomic E-state index is -0.713. The van der Waals surface area contributed by atoms with Crippen LogP contribution in [-0.2, 0) is 15.7 Å². The molecule has 0 amide bonds. The molecule has 1 aromatic heterocycles. The van der Waals surface area contributed by atoms with Crippen LogP contribution in [0, 0.1) is 5.82 Å². The molecule has 1 fully saturated rings. The minimum absolute atomic E-state index is 0.339. The van der Waals surface area contributed by atoms with Crippen LogP contribution >= 0.6 is 0 Å². The molecule has 0 unspecified atom stereocenters. The van der Waals surface area contributed by atoms with Crippen LogP contribution in [-0.4, -0.2) is 23.3 Å². The molecular formula is C14H19BFNO2. The van der Waals surface area contributed by atoms with Gasteiger partial charge in [0, 0.05) is 23.8 Å². The van der Waals surface area contributed by atoms with Gasteiger partial charge in [0.1, 0.15) is 5.82 Å². The molecule has 5 heteroatoms. The Morgan fingerprint density at radius 2 is 1.89 bits per heavy atom. The van der Waals surface area contributed by atoms with Gasteiger partial charge in [-0.15, -0.1) is 6.58 Å². The summed E-state index contributed by atoms with van der Waals surface area (Å²) in [7, 11) is -0.713. The van der Waals surface area contributed by atoms with Gasteiger partial charge in [-0.1, -0.05) is 6.08 Å². The van der Waals surface area contributed by atoms with E-state index < -0.39 is 18.3 Å². The summed E-state index contributed by atoms with van der Waals surface area (Å²) in [4.78, 5) is 4.20. The van der Waals surface area contributed by atoms with E-state index >= 15 is 0 Å². The van der Waals surface area contributed by atoms with Crippen molar-refractivity contribution in [3.05, 3.63) is 36.4 Å². The van der Waals surface area contributed by atoms with Crippen LogP contribution in [0.1, 0.15) is 33.4 Å². The third-order valence-corrected chi connectivity index (χ3v) is 3.80. The molecule has 2 rings (SSSR count). The van der Waals surface area contributed by atoms with Crippen molar-refractivity contribution in [1.82, 2.24) is 4.98 Å². The summed E-state index contributed by atoms with van der Waals surface area (Å²) in [5, 5.41) is 0. The van der Waals surface area contributed by atoms with Crippen molar-refractivity contribution in [3.8, 4) is 0 Å². The van der Waals surface area contributed by atoms with E-state index in [4.69, 9.17) is 9.31 Å². The van der Waals surface area contributed by atoms with Gasteiger partial charge in [0.25, 0.3) is 0 Å². The molecule has 0 saturated carbocycles. The molecule has 0 atom stereocenters. The maximum absolute atomic E-state index is 14.1. The van der Waals surface area contributed by atoms with Crippen LogP contribution in [0.5, 0.6) is 0 Å². The highest BCUT2D eigenvalue weighted by Gasteiger charge is 2.52. The quantitative estimate of drug-likeness (QED) is 0.619. The Balaban J connectivity index is 2.27. The van der Waals surface area contributed by atoms with E-state index in [2.05, 4.69) is 11.6 Å². The first-order chi connectivity index (χ1) is 8.77. The molecule has 102 valence electrons. The molecule has 19 heavy (non-hydrogen) atoms. The topological polar surface area (TPSA) is 31.4 Å². The van der Waals surface area contributed by atoms with E-state index in [9.17, 15) is 4.39 Å². The Morgan fingerprint density at radius 1 is 1.32 bits per heavy atom. The molecular weight excluding hydrogens is 244 g/mol. The highest BCUT2D eigenvalue weighted by atomic mass is 19.1. The summed E-state index contributed by atoms with van der Waals surface area (Å²) in [5.74, 6) is -0.356. The largest absolute Gasteiger partial charge is 0.499 e. The third-order valence-electron chi connectivity index (χ3n) is 3.80. The summed E-state index contributed by atoms with van der Waals surface area (Å²) in [6.07, 6.45) is 3.72. The van der Waals surface area contributed by atoms with Gasteiger partial charge >= 0.3 is 7.12 Å². The highest BCUT2D eigenvalue weighted by molar-refractivity contribution is 6.62. The lowest BCUT2D eigenvalue weighted by atomic mass is 9.79. The maximum atomic E-state index is 14.1. The zero-order chi connectivity index (χ0) is 14.3. The van der Waals surface area contributed by atoms with E-state index in [1.54, 1.807) is 6.08 Å². The first kappa shape index (κ1) is 14.2. The first-order valence-corrected chi connectivity index (χ1v) is 6.38. The predicted molar refractivity (Wildman–Crippen MR) is 73.8 cm³/mol. The van der Waals surface area contributed by atoms with Crippen LogP contribution in [0.4, 0.5) is 4.39 Å². The van der Waals surface area contributed by atoms with Crippen LogP contribution in [0.2, 0.25) is 0 Å². The maximum Gasteiger partial charge on any atom is 0.499 e. The Bertz CT molecular complexity index is 486. The SMILES string of the molecule is C=CCc1cc(F)c(B2OC(C)(C)C(C)(C)O2)cn1. The number of hydrogen-bond acceptors (Lipinski definition) is 3. The number of aromatic nitrogens is 1. The molecule has 0 bridgehead atoms. The summed E-state index contributed by atoms with van der Waals surface area (Å²) in [6, 6.07) is 1.40. The molecule has 1 aliphatic rings. The van der Waals surface area contributed by atoms with Crippen molar-refractivity contribution in [2.24, 2.45) is 0 Å². The lowest BCUT2D eigenvalue weighted by molar-refractivity contribution is 0.00578. The van der Waals surface area contributed by atoms with E-state index in [-0.39, 0.29) is 5.82 Å². The van der Waals surface area contributed by atoms with Crippen LogP contribution in [0.25, 0.3) is 0 Å². The smallest absolute Gasteiger partial charge is 0.399 e. The van der Waals surface area contributed by atoms with Gasteiger partial charge < -0.3 is 9.31 Å². The van der Waals surface area contributed by atoms with Gasteiger partial charge in [-0.2, -0.15) is 0 Å². The van der Waals surface area contributed by atoms with E-state index in [0.29, 0.717) is 17.6 Å². The van der Waals surface area contributed by atoms with Gasteiger partial charge in [-0.25, -0.2) is 4.39 Å². The monoisotopic (exact) mass is 263 g/mol. The number of pyridine rings is 1. The second-order valence-electron chi connectivity index (χ2n) is 5.78. The summed E-state index contributed by atoms with van der Waals surface area (Å²) < 4.78 is 25.7. The molecule has 0 spiro atoms. The lowest BCUT2D eigenvalue weighted by Crippen LogP contribution is -2.41. The summed E-state index contributed by atoms with van der Waals surface area (Å²) in [5.41, 5.74) is 0.0209. The molecule has 1 aliphatic heterocycles. The molecule has 1 saturated heterocycles. The van der Waals surface area contributed by atoms with Crippen molar-refractivity contribution in [2.45, 2.75) is 45.3 Å². The van der Waals surface area contributed by atoms with Crippen molar-refractivity contribution in [3.63, 3.8) is 0 Å². The van der Waals surface area contributed by atoms with Crippen LogP contribution < -0.4 is 5.46 Å². The third kappa shape index (κ3) is 2.58. The van der Waals surface area contributed by atoms with Crippen LogP contribution in [0.15, 0.2) is 24.9 Å². The van der Waals surface area contributed by atoms with Gasteiger partial charge in [-0.05, 0) is 33.8 Å². The Labute approximate surface area is 114 Å². The lowest BCUT2D eigenvalue weighted by Gasteiger charge is -2.32. The molecule has 0 N–H and O–H groups in total. The predicted octanol–water partition coefficient (Wildman–Crippen LogP) is 2.25. The van der Waals surface area contributed by atoms with Crippen LogP contribution in [0.3, 0.4) is 0 Å². The normalized spacial score (nSPS) is 20.6. The van der Waals surface area contributed by atoms with Crippen molar-refractivity contribution in [1.29, 1.82) is 0 Å². The van der Waals surface area contributed by atoms with E-state index in [1.807, 2.05) is 27.7 Å². The summed E-state index contributed by atoms with van der Waals surface area (Å²) >= 11 is 0.